The second-order valence-corrected chi connectivity index (χ2v) is 13.8. The number of piperidine rings is 1. The first-order valence-electron chi connectivity index (χ1n) is 14.8. The van der Waals surface area contributed by atoms with Crippen molar-refractivity contribution in [1.82, 2.24) is 14.1 Å². The van der Waals surface area contributed by atoms with E-state index in [0.29, 0.717) is 42.1 Å². The number of amides is 2. The number of anilines is 1. The third-order valence-electron chi connectivity index (χ3n) is 8.04. The SMILES string of the molecule is CCCN(CCC)C(=O)c1c(NC(=O)c2ccc(S(=O)(=O)N3CCC(C(=O)OC)CC3)cc2)sc2c1CCN(CC)C2. The number of hydrogen-bond acceptors (Lipinski definition) is 8. The van der Waals surface area contributed by atoms with Crippen molar-refractivity contribution < 1.29 is 27.5 Å². The molecule has 2 aliphatic rings. The Labute approximate surface area is 253 Å². The van der Waals surface area contributed by atoms with Gasteiger partial charge in [0.25, 0.3) is 11.8 Å². The molecule has 0 aliphatic carbocycles. The lowest BCUT2D eigenvalue weighted by Crippen LogP contribution is -2.40. The zero-order valence-electron chi connectivity index (χ0n) is 25.0. The fourth-order valence-corrected chi connectivity index (χ4v) is 8.40. The maximum Gasteiger partial charge on any atom is 0.308 e. The molecule has 0 unspecified atom stereocenters. The van der Waals surface area contributed by atoms with Crippen LogP contribution in [0.4, 0.5) is 5.00 Å². The molecule has 0 bridgehead atoms. The van der Waals surface area contributed by atoms with Crippen LogP contribution in [0.2, 0.25) is 0 Å². The number of esters is 1. The summed E-state index contributed by atoms with van der Waals surface area (Å²) in [6.45, 7) is 10.5. The molecular formula is C30H42N4O6S2. The van der Waals surface area contributed by atoms with E-state index in [9.17, 15) is 22.8 Å². The Morgan fingerprint density at radius 2 is 1.67 bits per heavy atom. The van der Waals surface area contributed by atoms with Crippen LogP contribution in [0.15, 0.2) is 29.2 Å². The first-order valence-corrected chi connectivity index (χ1v) is 17.1. The molecule has 1 saturated heterocycles. The van der Waals surface area contributed by atoms with Gasteiger partial charge in [0.2, 0.25) is 10.0 Å². The number of nitrogens with one attached hydrogen (secondary N) is 1. The van der Waals surface area contributed by atoms with Gasteiger partial charge < -0.3 is 15.0 Å². The van der Waals surface area contributed by atoms with E-state index in [2.05, 4.69) is 31.0 Å². The molecule has 2 aromatic rings. The average Bonchev–Trinajstić information content (AvgIpc) is 3.36. The summed E-state index contributed by atoms with van der Waals surface area (Å²) >= 11 is 1.46. The highest BCUT2D eigenvalue weighted by Gasteiger charge is 2.33. The van der Waals surface area contributed by atoms with Crippen molar-refractivity contribution in [3.8, 4) is 0 Å². The number of likely N-dealkylation sites (N-methyl/N-ethyl adjacent to an activating group) is 1. The number of benzene rings is 1. The second-order valence-electron chi connectivity index (χ2n) is 10.8. The molecule has 0 atom stereocenters. The summed E-state index contributed by atoms with van der Waals surface area (Å²) in [6.07, 6.45) is 3.26. The number of fused-ring (bicyclic) bond motifs is 1. The maximum absolute atomic E-state index is 13.8. The number of carbonyl (C=O) groups excluding carboxylic acids is 3. The Kier molecular flexibility index (Phi) is 10.8. The molecule has 1 aromatic heterocycles. The monoisotopic (exact) mass is 618 g/mol. The molecule has 2 amide bonds. The number of sulfonamides is 1. The van der Waals surface area contributed by atoms with Gasteiger partial charge in [-0.1, -0.05) is 20.8 Å². The van der Waals surface area contributed by atoms with Gasteiger partial charge in [-0.3, -0.25) is 19.3 Å². The van der Waals surface area contributed by atoms with Gasteiger partial charge in [-0.25, -0.2) is 8.42 Å². The number of methoxy groups -OCH3 is 1. The lowest BCUT2D eigenvalue weighted by molar-refractivity contribution is -0.146. The number of ether oxygens (including phenoxy) is 1. The molecule has 0 saturated carbocycles. The van der Waals surface area contributed by atoms with E-state index in [1.807, 2.05) is 4.90 Å². The molecular weight excluding hydrogens is 576 g/mol. The summed E-state index contributed by atoms with van der Waals surface area (Å²) in [7, 11) is -2.44. The maximum atomic E-state index is 13.8. The minimum absolute atomic E-state index is 0.0474. The zero-order valence-corrected chi connectivity index (χ0v) is 26.6. The van der Waals surface area contributed by atoms with Crippen LogP contribution in [-0.4, -0.2) is 86.7 Å². The van der Waals surface area contributed by atoms with Crippen LogP contribution in [0.5, 0.6) is 0 Å². The van der Waals surface area contributed by atoms with Crippen molar-refractivity contribution in [2.75, 3.05) is 51.7 Å². The summed E-state index contributed by atoms with van der Waals surface area (Å²) < 4.78 is 32.6. The van der Waals surface area contributed by atoms with Crippen molar-refractivity contribution in [1.29, 1.82) is 0 Å². The standard InChI is InChI=1S/C30H42N4O6S2/c1-5-15-33(16-6-2)29(36)26-24-14-17-32(7-3)20-25(24)41-28(26)31-27(35)21-8-10-23(11-9-21)42(38,39)34-18-12-22(13-19-34)30(37)40-4/h8-11,22H,5-7,12-20H2,1-4H3,(H,31,35). The van der Waals surface area contributed by atoms with Gasteiger partial charge in [-0.2, -0.15) is 4.31 Å². The highest BCUT2D eigenvalue weighted by Crippen LogP contribution is 2.38. The smallest absolute Gasteiger partial charge is 0.308 e. The Balaban J connectivity index is 1.54. The molecule has 230 valence electrons. The highest BCUT2D eigenvalue weighted by molar-refractivity contribution is 7.89. The van der Waals surface area contributed by atoms with Crippen molar-refractivity contribution in [3.05, 3.63) is 45.8 Å². The van der Waals surface area contributed by atoms with Crippen LogP contribution in [-0.2, 0) is 32.5 Å². The van der Waals surface area contributed by atoms with E-state index in [-0.39, 0.29) is 35.8 Å². The topological polar surface area (TPSA) is 116 Å². The number of nitrogens with zero attached hydrogens (tertiary/aromatic N) is 3. The summed E-state index contributed by atoms with van der Waals surface area (Å²) in [4.78, 5) is 44.4. The van der Waals surface area contributed by atoms with Crippen LogP contribution < -0.4 is 5.32 Å². The van der Waals surface area contributed by atoms with Crippen molar-refractivity contribution in [2.24, 2.45) is 5.92 Å². The molecule has 1 aromatic carbocycles. The minimum Gasteiger partial charge on any atom is -0.469 e. The summed E-state index contributed by atoms with van der Waals surface area (Å²) in [5.74, 6) is -1.05. The van der Waals surface area contributed by atoms with E-state index in [1.165, 1.54) is 47.0 Å². The minimum atomic E-state index is -3.77. The lowest BCUT2D eigenvalue weighted by Gasteiger charge is -2.29. The average molecular weight is 619 g/mol. The van der Waals surface area contributed by atoms with Crippen molar-refractivity contribution in [3.63, 3.8) is 0 Å². The van der Waals surface area contributed by atoms with E-state index in [1.54, 1.807) is 0 Å². The van der Waals surface area contributed by atoms with Crippen molar-refractivity contribution in [2.45, 2.75) is 64.3 Å². The second kappa shape index (κ2) is 14.1. The Morgan fingerprint density at radius 3 is 2.24 bits per heavy atom. The van der Waals surface area contributed by atoms with Crippen LogP contribution in [0.1, 0.15) is 77.6 Å². The molecule has 2 aliphatic heterocycles. The molecule has 3 heterocycles. The van der Waals surface area contributed by atoms with E-state index >= 15 is 0 Å². The van der Waals surface area contributed by atoms with Gasteiger partial charge in [0.05, 0.1) is 23.5 Å². The normalized spacial score (nSPS) is 16.6. The summed E-state index contributed by atoms with van der Waals surface area (Å²) in [6, 6.07) is 5.87. The van der Waals surface area contributed by atoms with Gasteiger partial charge >= 0.3 is 5.97 Å². The Morgan fingerprint density at radius 1 is 1.02 bits per heavy atom. The molecule has 0 spiro atoms. The Bertz CT molecular complexity index is 1380. The third kappa shape index (κ3) is 6.88. The fraction of sp³-hybridized carbons (Fsp3) is 0.567. The van der Waals surface area contributed by atoms with E-state index < -0.39 is 15.9 Å². The number of rotatable bonds is 11. The number of carbonyl (C=O) groups is 3. The van der Waals surface area contributed by atoms with Crippen LogP contribution in [0.25, 0.3) is 0 Å². The van der Waals surface area contributed by atoms with E-state index in [0.717, 1.165) is 49.3 Å². The third-order valence-corrected chi connectivity index (χ3v) is 11.1. The first kappa shape index (κ1) is 32.1. The molecule has 12 heteroatoms. The van der Waals surface area contributed by atoms with Gasteiger partial charge in [-0.05, 0) is 68.5 Å². The largest absolute Gasteiger partial charge is 0.469 e. The highest BCUT2D eigenvalue weighted by atomic mass is 32.2. The fourth-order valence-electron chi connectivity index (χ4n) is 5.65. The summed E-state index contributed by atoms with van der Waals surface area (Å²) in [5, 5.41) is 3.54. The zero-order chi connectivity index (χ0) is 30.4. The van der Waals surface area contributed by atoms with E-state index in [4.69, 9.17) is 4.74 Å². The predicted octanol–water partition coefficient (Wildman–Crippen LogP) is 4.21. The molecule has 1 fully saturated rings. The first-order chi connectivity index (χ1) is 20.1. The summed E-state index contributed by atoms with van der Waals surface area (Å²) in [5.41, 5.74) is 1.92. The van der Waals surface area contributed by atoms with Crippen LogP contribution >= 0.6 is 11.3 Å². The lowest BCUT2D eigenvalue weighted by atomic mass is 9.99. The van der Waals surface area contributed by atoms with Crippen LogP contribution in [0, 0.1) is 5.92 Å². The van der Waals surface area contributed by atoms with Gasteiger partial charge in [0.1, 0.15) is 5.00 Å². The number of thiophene rings is 1. The van der Waals surface area contributed by atoms with Crippen LogP contribution in [0.3, 0.4) is 0 Å². The predicted molar refractivity (Wildman–Crippen MR) is 163 cm³/mol. The molecule has 4 rings (SSSR count). The van der Waals surface area contributed by atoms with Gasteiger partial charge in [0, 0.05) is 49.7 Å². The van der Waals surface area contributed by atoms with Gasteiger partial charge in [0.15, 0.2) is 0 Å². The quantitative estimate of drug-likeness (QED) is 0.375. The molecule has 0 radical (unpaired) electrons. The molecule has 1 N–H and O–H groups in total. The molecule has 10 nitrogen and oxygen atoms in total. The van der Waals surface area contributed by atoms with Gasteiger partial charge in [-0.15, -0.1) is 11.3 Å². The Hall–Kier alpha value is -2.80. The van der Waals surface area contributed by atoms with Crippen molar-refractivity contribution >= 4 is 44.1 Å². The molecule has 42 heavy (non-hydrogen) atoms. The number of hydrogen-bond donors (Lipinski definition) is 1.